The highest BCUT2D eigenvalue weighted by Gasteiger charge is 2.18. The maximum Gasteiger partial charge on any atom is 0.324 e. The first-order chi connectivity index (χ1) is 5.45. The molecule has 0 fully saturated rings. The molecule has 0 unspecified atom stereocenters. The Morgan fingerprint density at radius 2 is 2.08 bits per heavy atom. The van der Waals surface area contributed by atoms with Gasteiger partial charge >= 0.3 is 5.97 Å². The van der Waals surface area contributed by atoms with Crippen LogP contribution in [-0.2, 0) is 9.53 Å². The van der Waals surface area contributed by atoms with Gasteiger partial charge in [-0.05, 0) is 6.92 Å². The van der Waals surface area contributed by atoms with Crippen molar-refractivity contribution in [1.82, 2.24) is 0 Å². The lowest BCUT2D eigenvalue weighted by Crippen LogP contribution is -2.06. The lowest BCUT2D eigenvalue weighted by Gasteiger charge is -1.94. The summed E-state index contributed by atoms with van der Waals surface area (Å²) in [6.45, 7) is 8.04. The molecule has 0 atom stereocenters. The number of ether oxygens (including phenoxy) is 1. The van der Waals surface area contributed by atoms with E-state index in [2.05, 4.69) is 10.9 Å². The lowest BCUT2D eigenvalue weighted by molar-refractivity contribution is -0.141. The first-order valence-electron chi connectivity index (χ1n) is 4.06. The Balaban J connectivity index is 3.79. The highest BCUT2D eigenvalue weighted by molar-refractivity contribution is 5.72. The molecule has 0 saturated heterocycles. The quantitative estimate of drug-likeness (QED) is 0.594. The molecular formula is C9H16NO2+. The zero-order chi connectivity index (χ0) is 9.61. The molecule has 0 bridgehead atoms. The maximum atomic E-state index is 10.8. The van der Waals surface area contributed by atoms with E-state index in [0.29, 0.717) is 6.61 Å². The molecule has 12 heavy (non-hydrogen) atoms. The predicted octanol–water partition coefficient (Wildman–Crippen LogP) is 2.07. The lowest BCUT2D eigenvalue weighted by atomic mass is 10.1. The first-order valence-corrected chi connectivity index (χ1v) is 4.06. The van der Waals surface area contributed by atoms with Gasteiger partial charge in [-0.3, -0.25) is 4.79 Å². The van der Waals surface area contributed by atoms with Gasteiger partial charge in [-0.15, -0.1) is 0 Å². The van der Waals surface area contributed by atoms with Crippen molar-refractivity contribution in [2.24, 2.45) is 0 Å². The maximum absolute atomic E-state index is 10.8. The first kappa shape index (κ1) is 11.0. The van der Waals surface area contributed by atoms with Crippen LogP contribution in [0, 0.1) is 6.07 Å². The fourth-order valence-electron chi connectivity index (χ4n) is 0.553. The highest BCUT2D eigenvalue weighted by Crippen LogP contribution is 2.05. The van der Waals surface area contributed by atoms with E-state index in [4.69, 9.17) is 4.74 Å². The van der Waals surface area contributed by atoms with Crippen LogP contribution in [0.4, 0.5) is 0 Å². The van der Waals surface area contributed by atoms with Gasteiger partial charge in [0.25, 0.3) is 11.6 Å². The van der Waals surface area contributed by atoms with E-state index in [1.165, 1.54) is 0 Å². The van der Waals surface area contributed by atoms with Crippen LogP contribution >= 0.6 is 0 Å². The van der Waals surface area contributed by atoms with Crippen molar-refractivity contribution in [3.05, 3.63) is 4.85 Å². The van der Waals surface area contributed by atoms with Crippen molar-refractivity contribution in [3.8, 4) is 6.07 Å². The molecule has 3 heteroatoms. The Kier molecular flexibility index (Phi) is 4.35. The second-order valence-electron chi connectivity index (χ2n) is 3.42. The molecule has 3 nitrogen and oxygen atoms in total. The molecule has 0 radical (unpaired) electrons. The van der Waals surface area contributed by atoms with Crippen molar-refractivity contribution >= 4 is 5.97 Å². The number of nitrogens with zero attached hydrogens (tertiary/aromatic N) is 1. The molecule has 0 aliphatic carbocycles. The van der Waals surface area contributed by atoms with Gasteiger partial charge in [-0.1, -0.05) is 4.85 Å². The standard InChI is InChI=1S/C9H16NO2/c1-5-12-8(11)6-7-10-9(2,3)4/h5-6H2,1-4H3/q+1. The Labute approximate surface area is 73.5 Å². The van der Waals surface area contributed by atoms with Crippen LogP contribution in [0.15, 0.2) is 0 Å². The Morgan fingerprint density at radius 3 is 2.50 bits per heavy atom. The summed E-state index contributed by atoms with van der Waals surface area (Å²) in [6, 6.07) is 2.66. The zero-order valence-electron chi connectivity index (χ0n) is 8.18. The van der Waals surface area contributed by atoms with Crippen molar-refractivity contribution in [3.63, 3.8) is 0 Å². The van der Waals surface area contributed by atoms with Crippen LogP contribution in [0.3, 0.4) is 0 Å². The van der Waals surface area contributed by atoms with Crippen molar-refractivity contribution in [1.29, 1.82) is 0 Å². The molecule has 0 aliphatic rings. The third-order valence-electron chi connectivity index (χ3n) is 0.943. The molecule has 0 rings (SSSR count). The average Bonchev–Trinajstić information content (AvgIpc) is 1.84. The molecule has 0 N–H and O–H groups in total. The van der Waals surface area contributed by atoms with E-state index in [0.717, 1.165) is 0 Å². The van der Waals surface area contributed by atoms with Gasteiger partial charge in [0.2, 0.25) is 0 Å². The zero-order valence-corrected chi connectivity index (χ0v) is 8.18. The molecule has 0 amide bonds. The number of hydrogen-bond acceptors (Lipinski definition) is 2. The number of carbonyl (C=O) groups is 1. The summed E-state index contributed by atoms with van der Waals surface area (Å²) in [7, 11) is 0. The van der Waals surface area contributed by atoms with Crippen LogP contribution in [0.5, 0.6) is 0 Å². The smallest absolute Gasteiger partial charge is 0.324 e. The van der Waals surface area contributed by atoms with Crippen LogP contribution < -0.4 is 0 Å². The summed E-state index contributed by atoms with van der Waals surface area (Å²) < 4.78 is 4.70. The molecular weight excluding hydrogens is 154 g/mol. The largest absolute Gasteiger partial charge is 0.465 e. The molecule has 0 spiro atoms. The summed E-state index contributed by atoms with van der Waals surface area (Å²) in [5, 5.41) is 0. The predicted molar refractivity (Wildman–Crippen MR) is 48.3 cm³/mol. The SMILES string of the molecule is CCOC(=O)CC#[N+]C(C)(C)C. The van der Waals surface area contributed by atoms with Gasteiger partial charge in [0.15, 0.2) is 6.42 Å². The second-order valence-corrected chi connectivity index (χ2v) is 3.42. The summed E-state index contributed by atoms with van der Waals surface area (Å²) in [5.41, 5.74) is -0.160. The minimum Gasteiger partial charge on any atom is -0.465 e. The van der Waals surface area contributed by atoms with E-state index < -0.39 is 0 Å². The van der Waals surface area contributed by atoms with Gasteiger partial charge in [0.1, 0.15) is 0 Å². The minimum absolute atomic E-state index is 0.144. The minimum atomic E-state index is -0.273. The Hall–Kier alpha value is -1.04. The van der Waals surface area contributed by atoms with Crippen LogP contribution in [0.25, 0.3) is 4.85 Å². The van der Waals surface area contributed by atoms with Gasteiger partial charge < -0.3 is 4.74 Å². The molecule has 0 aromatic carbocycles. The fraction of sp³-hybridized carbons (Fsp3) is 0.778. The van der Waals surface area contributed by atoms with Gasteiger partial charge in [-0.2, -0.15) is 0 Å². The van der Waals surface area contributed by atoms with Gasteiger partial charge in [-0.25, -0.2) is 0 Å². The van der Waals surface area contributed by atoms with Gasteiger partial charge in [0, 0.05) is 20.8 Å². The monoisotopic (exact) mass is 170 g/mol. The van der Waals surface area contributed by atoms with Crippen LogP contribution in [0.1, 0.15) is 34.1 Å². The Morgan fingerprint density at radius 1 is 1.50 bits per heavy atom. The van der Waals surface area contributed by atoms with Gasteiger partial charge in [0.05, 0.1) is 6.61 Å². The number of rotatable bonds is 2. The molecule has 0 aromatic rings. The molecule has 0 saturated carbocycles. The normalized spacial score (nSPS) is 10.0. The third kappa shape index (κ3) is 7.07. The van der Waals surface area contributed by atoms with Crippen LogP contribution in [-0.4, -0.2) is 18.1 Å². The van der Waals surface area contributed by atoms with E-state index in [9.17, 15) is 4.79 Å². The summed E-state index contributed by atoms with van der Waals surface area (Å²) >= 11 is 0. The third-order valence-corrected chi connectivity index (χ3v) is 0.943. The summed E-state index contributed by atoms with van der Waals surface area (Å²) in [4.78, 5) is 14.8. The van der Waals surface area contributed by atoms with E-state index in [-0.39, 0.29) is 17.9 Å². The fourth-order valence-corrected chi connectivity index (χ4v) is 0.553. The molecule has 0 aromatic heterocycles. The van der Waals surface area contributed by atoms with E-state index >= 15 is 0 Å². The van der Waals surface area contributed by atoms with Crippen molar-refractivity contribution in [2.45, 2.75) is 39.7 Å². The molecule has 68 valence electrons. The number of carbonyl (C=O) groups excluding carboxylic acids is 1. The Bertz CT molecular complexity index is 205. The summed E-state index contributed by atoms with van der Waals surface area (Å²) in [5.74, 6) is -0.273. The van der Waals surface area contributed by atoms with Crippen molar-refractivity contribution < 1.29 is 9.53 Å². The number of esters is 1. The highest BCUT2D eigenvalue weighted by atomic mass is 16.5. The number of hydrogen-bond donors (Lipinski definition) is 0. The second kappa shape index (κ2) is 4.76. The topological polar surface area (TPSA) is 30.7 Å². The van der Waals surface area contributed by atoms with Crippen molar-refractivity contribution in [2.75, 3.05) is 6.61 Å². The molecule has 0 aliphatic heterocycles. The van der Waals surface area contributed by atoms with E-state index in [1.807, 2.05) is 20.8 Å². The average molecular weight is 170 g/mol. The summed E-state index contributed by atoms with van der Waals surface area (Å²) in [6.07, 6.45) is 0.144. The molecule has 0 heterocycles. The van der Waals surface area contributed by atoms with E-state index in [1.54, 1.807) is 6.92 Å². The van der Waals surface area contributed by atoms with Crippen LogP contribution in [0.2, 0.25) is 0 Å².